The van der Waals surface area contributed by atoms with Crippen LogP contribution in [0.1, 0.15) is 5.56 Å². The zero-order valence-electron chi connectivity index (χ0n) is 6.12. The second-order valence-corrected chi connectivity index (χ2v) is 5.15. The molecular weight excluding hydrogens is 235 g/mol. The van der Waals surface area contributed by atoms with Crippen molar-refractivity contribution in [1.82, 2.24) is 0 Å². The quantitative estimate of drug-likeness (QED) is 0.737. The highest BCUT2D eigenvalue weighted by atomic mass is 35.7. The minimum Gasteiger partial charge on any atom is -0.285 e. The van der Waals surface area contributed by atoms with Crippen LogP contribution in [0.2, 0.25) is 5.02 Å². The zero-order chi connectivity index (χ0) is 10.1. The molecule has 1 aromatic rings. The van der Waals surface area contributed by atoms with Crippen molar-refractivity contribution in [1.29, 1.82) is 0 Å². The smallest absolute Gasteiger partial charge is 0.261 e. The van der Waals surface area contributed by atoms with Gasteiger partial charge in [-0.3, -0.25) is 4.79 Å². The maximum absolute atomic E-state index is 10.8. The second kappa shape index (κ2) is 3.65. The van der Waals surface area contributed by atoms with Gasteiger partial charge in [0.15, 0.2) is 0 Å². The molecule has 0 fully saturated rings. The molecule has 0 aliphatic rings. The Morgan fingerprint density at radius 3 is 2.38 bits per heavy atom. The van der Waals surface area contributed by atoms with Gasteiger partial charge in [-0.05, 0) is 18.2 Å². The summed E-state index contributed by atoms with van der Waals surface area (Å²) in [5.41, 5.74) is -0.0246. The Balaban J connectivity index is 3.38. The number of hydrogen-bond donors (Lipinski definition) is 0. The van der Waals surface area contributed by atoms with Gasteiger partial charge in [0.05, 0.1) is 9.92 Å². The Morgan fingerprint density at radius 2 is 1.92 bits per heavy atom. The van der Waals surface area contributed by atoms with Crippen molar-refractivity contribution in [2.75, 3.05) is 0 Å². The van der Waals surface area contributed by atoms with Gasteiger partial charge in [0, 0.05) is 16.2 Å². The highest BCUT2D eigenvalue weighted by Gasteiger charge is 2.12. The fourth-order valence-electron chi connectivity index (χ4n) is 0.734. The summed E-state index contributed by atoms with van der Waals surface area (Å²) in [5, 5.41) is 0.138. The fourth-order valence-corrected chi connectivity index (χ4v) is 1.67. The molecular formula is C7H3Cl2O3S. The number of rotatable bonds is 2. The highest BCUT2D eigenvalue weighted by molar-refractivity contribution is 8.13. The zero-order valence-corrected chi connectivity index (χ0v) is 8.45. The molecule has 0 bridgehead atoms. The summed E-state index contributed by atoms with van der Waals surface area (Å²) >= 11 is 5.55. The molecule has 0 unspecified atom stereocenters. The molecule has 3 nitrogen and oxygen atoms in total. The third-order valence-corrected chi connectivity index (χ3v) is 3.01. The Hall–Kier alpha value is -0.580. The van der Waals surface area contributed by atoms with Crippen molar-refractivity contribution in [3.8, 4) is 0 Å². The van der Waals surface area contributed by atoms with Crippen molar-refractivity contribution < 1.29 is 13.2 Å². The monoisotopic (exact) mass is 237 g/mol. The maximum Gasteiger partial charge on any atom is 0.261 e. The molecule has 0 aliphatic heterocycles. The molecule has 0 aliphatic carbocycles. The van der Waals surface area contributed by atoms with E-state index in [0.29, 0.717) is 0 Å². The van der Waals surface area contributed by atoms with Crippen LogP contribution >= 0.6 is 22.3 Å². The number of benzene rings is 1. The third-order valence-electron chi connectivity index (χ3n) is 1.33. The summed E-state index contributed by atoms with van der Waals surface area (Å²) < 4.78 is 21.6. The second-order valence-electron chi connectivity index (χ2n) is 2.18. The molecule has 13 heavy (non-hydrogen) atoms. The van der Waals surface area contributed by atoms with E-state index in [1.807, 2.05) is 0 Å². The lowest BCUT2D eigenvalue weighted by Gasteiger charge is -1.98. The SMILES string of the molecule is O=[C]c1cc(S(=O)(=O)Cl)ccc1Cl. The van der Waals surface area contributed by atoms with E-state index >= 15 is 0 Å². The van der Waals surface area contributed by atoms with E-state index in [4.69, 9.17) is 22.3 Å². The Bertz CT molecular complexity index is 439. The topological polar surface area (TPSA) is 51.2 Å². The van der Waals surface area contributed by atoms with E-state index in [0.717, 1.165) is 6.07 Å². The van der Waals surface area contributed by atoms with Crippen molar-refractivity contribution in [2.45, 2.75) is 4.90 Å². The lowest BCUT2D eigenvalue weighted by molar-refractivity contribution is 0.562. The fraction of sp³-hybridized carbons (Fsp3) is 0. The molecule has 0 aromatic heterocycles. The number of hydrogen-bond acceptors (Lipinski definition) is 3. The Morgan fingerprint density at radius 1 is 1.31 bits per heavy atom. The van der Waals surface area contributed by atoms with Crippen LogP contribution in [0, 0.1) is 0 Å². The first-order chi connectivity index (χ1) is 5.95. The van der Waals surface area contributed by atoms with Gasteiger partial charge in [0.1, 0.15) is 0 Å². The normalized spacial score (nSPS) is 11.2. The minimum absolute atomic E-state index is 0.0246. The molecule has 0 spiro atoms. The van der Waals surface area contributed by atoms with E-state index in [1.54, 1.807) is 0 Å². The summed E-state index contributed by atoms with van der Waals surface area (Å²) in [4.78, 5) is 10.1. The summed E-state index contributed by atoms with van der Waals surface area (Å²) in [6, 6.07) is 3.56. The number of carbonyl (C=O) groups excluding carboxylic acids is 1. The van der Waals surface area contributed by atoms with Gasteiger partial charge in [-0.1, -0.05) is 11.6 Å². The minimum atomic E-state index is -3.82. The van der Waals surface area contributed by atoms with Crippen molar-refractivity contribution in [3.63, 3.8) is 0 Å². The first-order valence-electron chi connectivity index (χ1n) is 3.07. The van der Waals surface area contributed by atoms with Crippen LogP contribution in [0.5, 0.6) is 0 Å². The average molecular weight is 238 g/mol. The first-order valence-corrected chi connectivity index (χ1v) is 5.76. The van der Waals surface area contributed by atoms with Crippen LogP contribution in [0.15, 0.2) is 23.1 Å². The van der Waals surface area contributed by atoms with E-state index in [2.05, 4.69) is 0 Å². The van der Waals surface area contributed by atoms with Crippen molar-refractivity contribution in [2.24, 2.45) is 0 Å². The molecule has 1 radical (unpaired) electrons. The van der Waals surface area contributed by atoms with Gasteiger partial charge >= 0.3 is 0 Å². The van der Waals surface area contributed by atoms with Gasteiger partial charge in [-0.15, -0.1) is 0 Å². The van der Waals surface area contributed by atoms with Crippen LogP contribution in [-0.4, -0.2) is 14.7 Å². The summed E-state index contributed by atoms with van der Waals surface area (Å²) in [5.74, 6) is 0. The first kappa shape index (κ1) is 10.5. The summed E-state index contributed by atoms with van der Waals surface area (Å²) in [6.45, 7) is 0. The lowest BCUT2D eigenvalue weighted by atomic mass is 10.2. The van der Waals surface area contributed by atoms with E-state index in [1.165, 1.54) is 18.4 Å². The molecule has 0 saturated carbocycles. The third kappa shape index (κ3) is 2.43. The van der Waals surface area contributed by atoms with E-state index in [-0.39, 0.29) is 15.5 Å². The summed E-state index contributed by atoms with van der Waals surface area (Å²) in [6.07, 6.45) is 1.50. The van der Waals surface area contributed by atoms with Crippen molar-refractivity contribution >= 4 is 37.6 Å². The van der Waals surface area contributed by atoms with Crippen LogP contribution in [0.25, 0.3) is 0 Å². The highest BCUT2D eigenvalue weighted by Crippen LogP contribution is 2.21. The Labute approximate surface area is 84.7 Å². The van der Waals surface area contributed by atoms with E-state index < -0.39 is 9.05 Å². The van der Waals surface area contributed by atoms with Gasteiger partial charge < -0.3 is 0 Å². The summed E-state index contributed by atoms with van der Waals surface area (Å²) in [7, 11) is 1.22. The lowest BCUT2D eigenvalue weighted by Crippen LogP contribution is -1.92. The average Bonchev–Trinajstić information content (AvgIpc) is 2.03. The molecule has 69 valence electrons. The molecule has 0 amide bonds. The molecule has 6 heteroatoms. The van der Waals surface area contributed by atoms with Gasteiger partial charge in [-0.2, -0.15) is 0 Å². The van der Waals surface area contributed by atoms with E-state index in [9.17, 15) is 13.2 Å². The molecule has 0 atom stereocenters. The van der Waals surface area contributed by atoms with Crippen molar-refractivity contribution in [3.05, 3.63) is 28.8 Å². The van der Waals surface area contributed by atoms with Crippen LogP contribution < -0.4 is 0 Å². The number of halogens is 2. The van der Waals surface area contributed by atoms with Crippen LogP contribution in [0.4, 0.5) is 0 Å². The predicted octanol–water partition coefficient (Wildman–Crippen LogP) is 1.73. The van der Waals surface area contributed by atoms with Gasteiger partial charge in [0.25, 0.3) is 9.05 Å². The molecule has 1 rings (SSSR count). The van der Waals surface area contributed by atoms with Gasteiger partial charge in [-0.25, -0.2) is 8.42 Å². The predicted molar refractivity (Wildman–Crippen MR) is 49.3 cm³/mol. The standard InChI is InChI=1S/C7H3Cl2O3S/c8-7-2-1-6(13(9,11)12)3-5(7)4-10/h1-3H. The molecule has 0 heterocycles. The molecule has 0 saturated heterocycles. The molecule has 0 N–H and O–H groups in total. The maximum atomic E-state index is 10.8. The van der Waals surface area contributed by atoms with Gasteiger partial charge in [0.2, 0.25) is 6.29 Å². The van der Waals surface area contributed by atoms with Crippen LogP contribution in [-0.2, 0) is 13.8 Å². The molecule has 1 aromatic carbocycles. The Kier molecular flexibility index (Phi) is 2.95. The largest absolute Gasteiger partial charge is 0.285 e. The van der Waals surface area contributed by atoms with Crippen LogP contribution in [0.3, 0.4) is 0 Å².